The quantitative estimate of drug-likeness (QED) is 0.805. The largest absolute Gasteiger partial charge is 0.396 e. The summed E-state index contributed by atoms with van der Waals surface area (Å²) >= 11 is 1.71. The Hall–Kier alpha value is -1.19. The van der Waals surface area contributed by atoms with Crippen molar-refractivity contribution < 1.29 is 5.11 Å². The fourth-order valence-electron chi connectivity index (χ4n) is 1.86. The number of nitrogens with zero attached hydrogens (tertiary/aromatic N) is 1. The van der Waals surface area contributed by atoms with Gasteiger partial charge in [-0.1, -0.05) is 31.2 Å². The molecule has 0 fully saturated rings. The zero-order chi connectivity index (χ0) is 12.8. The Morgan fingerprint density at radius 2 is 1.94 bits per heavy atom. The summed E-state index contributed by atoms with van der Waals surface area (Å²) in [6, 6.07) is 8.62. The van der Waals surface area contributed by atoms with Gasteiger partial charge in [-0.3, -0.25) is 0 Å². The van der Waals surface area contributed by atoms with E-state index in [2.05, 4.69) is 41.6 Å². The maximum absolute atomic E-state index is 8.76. The fourth-order valence-corrected chi connectivity index (χ4v) is 2.71. The van der Waals surface area contributed by atoms with E-state index < -0.39 is 0 Å². The van der Waals surface area contributed by atoms with E-state index in [1.165, 1.54) is 11.1 Å². The number of unbranched alkanes of at least 4 members (excludes halogenated alkanes) is 1. The molecule has 1 aromatic heterocycles. The highest BCUT2D eigenvalue weighted by Crippen LogP contribution is 2.23. The second kappa shape index (κ2) is 6.66. The maximum atomic E-state index is 8.76. The molecule has 0 amide bonds. The van der Waals surface area contributed by atoms with Gasteiger partial charge in [0.1, 0.15) is 0 Å². The standard InChI is InChI=1S/C15H19NOS/c1-2-12-6-8-13(9-7-12)14-11-18-15(16-14)5-3-4-10-17/h6-9,11,17H,2-5,10H2,1H3. The monoisotopic (exact) mass is 261 g/mol. The molecule has 2 nitrogen and oxygen atoms in total. The molecule has 0 atom stereocenters. The van der Waals surface area contributed by atoms with E-state index in [1.807, 2.05) is 0 Å². The molecule has 0 unspecified atom stereocenters. The van der Waals surface area contributed by atoms with Crippen molar-refractivity contribution in [1.82, 2.24) is 4.98 Å². The molecule has 0 radical (unpaired) electrons. The molecular weight excluding hydrogens is 242 g/mol. The molecule has 2 aromatic rings. The normalized spacial score (nSPS) is 10.8. The summed E-state index contributed by atoms with van der Waals surface area (Å²) < 4.78 is 0. The molecular formula is C15H19NOS. The van der Waals surface area contributed by atoms with Gasteiger partial charge in [-0.15, -0.1) is 11.3 Å². The third-order valence-electron chi connectivity index (χ3n) is 3.01. The predicted molar refractivity (Wildman–Crippen MR) is 77.0 cm³/mol. The number of rotatable bonds is 6. The first kappa shape index (κ1) is 13.2. The number of hydrogen-bond acceptors (Lipinski definition) is 3. The average Bonchev–Trinajstić information content (AvgIpc) is 2.88. The Morgan fingerprint density at radius 1 is 1.17 bits per heavy atom. The number of hydrogen-bond donors (Lipinski definition) is 1. The van der Waals surface area contributed by atoms with Crippen LogP contribution < -0.4 is 0 Å². The van der Waals surface area contributed by atoms with Gasteiger partial charge < -0.3 is 5.11 Å². The number of aliphatic hydroxyl groups excluding tert-OH is 1. The van der Waals surface area contributed by atoms with Crippen molar-refractivity contribution in [1.29, 1.82) is 0 Å². The first-order chi connectivity index (χ1) is 8.83. The summed E-state index contributed by atoms with van der Waals surface area (Å²) in [6.45, 7) is 2.44. The van der Waals surface area contributed by atoms with Crippen LogP contribution in [0, 0.1) is 0 Å². The van der Waals surface area contributed by atoms with E-state index in [0.29, 0.717) is 0 Å². The van der Waals surface area contributed by atoms with Crippen molar-refractivity contribution in [2.75, 3.05) is 6.61 Å². The van der Waals surface area contributed by atoms with Crippen LogP contribution in [0.25, 0.3) is 11.3 Å². The number of benzene rings is 1. The van der Waals surface area contributed by atoms with Gasteiger partial charge in [-0.05, 0) is 31.2 Å². The summed E-state index contributed by atoms with van der Waals surface area (Å²) in [4.78, 5) is 4.64. The van der Waals surface area contributed by atoms with Crippen LogP contribution in [0.3, 0.4) is 0 Å². The molecule has 2 rings (SSSR count). The minimum atomic E-state index is 0.275. The van der Waals surface area contributed by atoms with Crippen LogP contribution in [0.1, 0.15) is 30.3 Å². The van der Waals surface area contributed by atoms with Crippen molar-refractivity contribution in [3.63, 3.8) is 0 Å². The number of aromatic nitrogens is 1. The Morgan fingerprint density at radius 3 is 2.61 bits per heavy atom. The molecule has 1 heterocycles. The highest BCUT2D eigenvalue weighted by Gasteiger charge is 2.04. The summed E-state index contributed by atoms with van der Waals surface area (Å²) in [7, 11) is 0. The van der Waals surface area contributed by atoms with Crippen LogP contribution >= 0.6 is 11.3 Å². The van der Waals surface area contributed by atoms with Crippen LogP contribution in [0.2, 0.25) is 0 Å². The molecule has 96 valence electrons. The smallest absolute Gasteiger partial charge is 0.0932 e. The molecule has 1 N–H and O–H groups in total. The van der Waals surface area contributed by atoms with Crippen LogP contribution in [0.5, 0.6) is 0 Å². The van der Waals surface area contributed by atoms with Gasteiger partial charge >= 0.3 is 0 Å². The van der Waals surface area contributed by atoms with Crippen molar-refractivity contribution >= 4 is 11.3 Å². The Balaban J connectivity index is 2.04. The van der Waals surface area contributed by atoms with Gasteiger partial charge in [0.2, 0.25) is 0 Å². The van der Waals surface area contributed by atoms with Gasteiger partial charge in [-0.2, -0.15) is 0 Å². The highest BCUT2D eigenvalue weighted by molar-refractivity contribution is 7.09. The van der Waals surface area contributed by atoms with Gasteiger partial charge in [0.25, 0.3) is 0 Å². The van der Waals surface area contributed by atoms with Gasteiger partial charge in [0, 0.05) is 17.6 Å². The van der Waals surface area contributed by atoms with E-state index in [9.17, 15) is 0 Å². The van der Waals surface area contributed by atoms with Gasteiger partial charge in [0.15, 0.2) is 0 Å². The molecule has 0 aliphatic carbocycles. The maximum Gasteiger partial charge on any atom is 0.0932 e. The molecule has 0 aliphatic rings. The Bertz CT molecular complexity index is 475. The fraction of sp³-hybridized carbons (Fsp3) is 0.400. The summed E-state index contributed by atoms with van der Waals surface area (Å²) in [5.74, 6) is 0. The molecule has 18 heavy (non-hydrogen) atoms. The Labute approximate surface area is 112 Å². The van der Waals surface area contributed by atoms with Crippen LogP contribution in [0.15, 0.2) is 29.6 Å². The average molecular weight is 261 g/mol. The summed E-state index contributed by atoms with van der Waals surface area (Å²) in [6.07, 6.45) is 3.92. The first-order valence-electron chi connectivity index (χ1n) is 6.48. The van der Waals surface area contributed by atoms with Gasteiger partial charge in [0.05, 0.1) is 10.7 Å². The lowest BCUT2D eigenvalue weighted by atomic mass is 10.1. The molecule has 3 heteroatoms. The molecule has 0 saturated carbocycles. The third kappa shape index (κ3) is 3.40. The first-order valence-corrected chi connectivity index (χ1v) is 7.36. The summed E-state index contributed by atoms with van der Waals surface area (Å²) in [5, 5.41) is 12.0. The van der Waals surface area contributed by atoms with Crippen LogP contribution in [0.4, 0.5) is 0 Å². The van der Waals surface area contributed by atoms with Crippen molar-refractivity contribution in [2.24, 2.45) is 0 Å². The number of thiazole rings is 1. The number of aryl methyl sites for hydroxylation is 2. The van der Waals surface area contributed by atoms with E-state index in [0.717, 1.165) is 36.4 Å². The predicted octanol–water partition coefficient (Wildman–Crippen LogP) is 3.69. The summed E-state index contributed by atoms with van der Waals surface area (Å²) in [5.41, 5.74) is 3.62. The topological polar surface area (TPSA) is 33.1 Å². The lowest BCUT2D eigenvalue weighted by Gasteiger charge is -1.99. The third-order valence-corrected chi connectivity index (χ3v) is 3.92. The van der Waals surface area contributed by atoms with Crippen molar-refractivity contribution in [3.05, 3.63) is 40.2 Å². The number of aliphatic hydroxyl groups is 1. The zero-order valence-electron chi connectivity index (χ0n) is 10.7. The van der Waals surface area contributed by atoms with E-state index in [4.69, 9.17) is 5.11 Å². The minimum Gasteiger partial charge on any atom is -0.396 e. The highest BCUT2D eigenvalue weighted by atomic mass is 32.1. The van der Waals surface area contributed by atoms with Crippen molar-refractivity contribution in [3.8, 4) is 11.3 Å². The lowest BCUT2D eigenvalue weighted by Crippen LogP contribution is -1.88. The van der Waals surface area contributed by atoms with Gasteiger partial charge in [-0.25, -0.2) is 4.98 Å². The second-order valence-electron chi connectivity index (χ2n) is 4.36. The van der Waals surface area contributed by atoms with E-state index in [-0.39, 0.29) is 6.61 Å². The van der Waals surface area contributed by atoms with E-state index >= 15 is 0 Å². The second-order valence-corrected chi connectivity index (χ2v) is 5.30. The Kier molecular flexibility index (Phi) is 4.90. The molecule has 1 aromatic carbocycles. The van der Waals surface area contributed by atoms with Crippen LogP contribution in [-0.2, 0) is 12.8 Å². The zero-order valence-corrected chi connectivity index (χ0v) is 11.5. The minimum absolute atomic E-state index is 0.275. The SMILES string of the molecule is CCc1ccc(-c2csc(CCCCO)n2)cc1. The van der Waals surface area contributed by atoms with Crippen molar-refractivity contribution in [2.45, 2.75) is 32.6 Å². The molecule has 0 spiro atoms. The lowest BCUT2D eigenvalue weighted by molar-refractivity contribution is 0.284. The molecule has 0 saturated heterocycles. The van der Waals surface area contributed by atoms with E-state index in [1.54, 1.807) is 11.3 Å². The molecule has 0 bridgehead atoms. The molecule has 0 aliphatic heterocycles. The van der Waals surface area contributed by atoms with Crippen LogP contribution in [-0.4, -0.2) is 16.7 Å².